The lowest BCUT2D eigenvalue weighted by Crippen LogP contribution is -2.41. The van der Waals surface area contributed by atoms with Crippen molar-refractivity contribution >= 4 is 11.9 Å². The Morgan fingerprint density at radius 1 is 0.414 bits per heavy atom. The summed E-state index contributed by atoms with van der Waals surface area (Å²) in [6.45, 7) is -0.259. The zero-order valence-electron chi connectivity index (χ0n) is 31.3. The molecule has 0 bridgehead atoms. The SMILES string of the molecule is O=C(O[C@@H](COCc1ccccc1)[C@H](COCc1ccccc1)OC(=O)c1cc(O)c(OCc2ccccc2)c(O)c1)c1cc(O)c(OCc2ccccc2)c(O)c1. The first-order valence-electron chi connectivity index (χ1n) is 18.3. The number of hydrogen-bond acceptors (Lipinski definition) is 12. The summed E-state index contributed by atoms with van der Waals surface area (Å²) < 4.78 is 35.0. The van der Waals surface area contributed by atoms with E-state index in [1.165, 1.54) is 0 Å². The van der Waals surface area contributed by atoms with Gasteiger partial charge in [-0.1, -0.05) is 121 Å². The molecule has 6 aromatic rings. The van der Waals surface area contributed by atoms with E-state index in [1.807, 2.05) is 121 Å². The van der Waals surface area contributed by atoms with Crippen molar-refractivity contribution in [3.05, 3.63) is 179 Å². The Kier molecular flexibility index (Phi) is 14.2. The topological polar surface area (TPSA) is 170 Å². The highest BCUT2D eigenvalue weighted by Crippen LogP contribution is 2.39. The lowest BCUT2D eigenvalue weighted by atomic mass is 10.1. The molecule has 6 rings (SSSR count). The second-order valence-electron chi connectivity index (χ2n) is 13.1. The zero-order chi connectivity index (χ0) is 40.7. The third-order valence-electron chi connectivity index (χ3n) is 8.74. The van der Waals surface area contributed by atoms with Crippen LogP contribution in [0.2, 0.25) is 0 Å². The van der Waals surface area contributed by atoms with Gasteiger partial charge in [-0.3, -0.25) is 0 Å². The average Bonchev–Trinajstić information content (AvgIpc) is 3.23. The minimum Gasteiger partial charge on any atom is -0.504 e. The maximum Gasteiger partial charge on any atom is 0.338 e. The molecule has 0 aliphatic heterocycles. The predicted molar refractivity (Wildman–Crippen MR) is 212 cm³/mol. The van der Waals surface area contributed by atoms with Crippen LogP contribution >= 0.6 is 0 Å². The second kappa shape index (κ2) is 20.2. The second-order valence-corrected chi connectivity index (χ2v) is 13.1. The zero-order valence-corrected chi connectivity index (χ0v) is 31.3. The third-order valence-corrected chi connectivity index (χ3v) is 8.74. The highest BCUT2D eigenvalue weighted by Gasteiger charge is 2.32. The summed E-state index contributed by atoms with van der Waals surface area (Å²) >= 11 is 0. The number of phenolic OH excluding ortho intramolecular Hbond substituents is 4. The first-order chi connectivity index (χ1) is 28.2. The fourth-order valence-corrected chi connectivity index (χ4v) is 5.77. The molecule has 0 spiro atoms. The van der Waals surface area contributed by atoms with Gasteiger partial charge in [-0.15, -0.1) is 0 Å². The van der Waals surface area contributed by atoms with Gasteiger partial charge in [0.1, 0.15) is 13.2 Å². The molecule has 298 valence electrons. The van der Waals surface area contributed by atoms with Crippen LogP contribution in [0.1, 0.15) is 43.0 Å². The smallest absolute Gasteiger partial charge is 0.338 e. The van der Waals surface area contributed by atoms with Crippen LogP contribution in [0.5, 0.6) is 34.5 Å². The van der Waals surface area contributed by atoms with Crippen molar-refractivity contribution in [2.24, 2.45) is 0 Å². The predicted octanol–water partition coefficient (Wildman–Crippen LogP) is 7.85. The maximum atomic E-state index is 13.7. The van der Waals surface area contributed by atoms with E-state index >= 15 is 0 Å². The fourth-order valence-electron chi connectivity index (χ4n) is 5.77. The molecule has 0 saturated carbocycles. The molecule has 0 saturated heterocycles. The first kappa shape index (κ1) is 40.6. The van der Waals surface area contributed by atoms with Gasteiger partial charge in [-0.25, -0.2) is 9.59 Å². The Morgan fingerprint density at radius 3 is 0.983 bits per heavy atom. The molecule has 58 heavy (non-hydrogen) atoms. The van der Waals surface area contributed by atoms with E-state index in [1.54, 1.807) is 0 Å². The lowest BCUT2D eigenvalue weighted by Gasteiger charge is -2.27. The molecule has 2 atom stereocenters. The summed E-state index contributed by atoms with van der Waals surface area (Å²) in [6.07, 6.45) is -2.63. The minimum absolute atomic E-state index is 0.0433. The van der Waals surface area contributed by atoms with E-state index in [4.69, 9.17) is 28.4 Å². The van der Waals surface area contributed by atoms with Crippen LogP contribution < -0.4 is 9.47 Å². The van der Waals surface area contributed by atoms with Crippen molar-refractivity contribution in [2.45, 2.75) is 38.6 Å². The monoisotopic (exact) mass is 786 g/mol. The molecule has 0 amide bonds. The van der Waals surface area contributed by atoms with Gasteiger partial charge >= 0.3 is 11.9 Å². The summed E-state index contributed by atoms with van der Waals surface area (Å²) in [5.41, 5.74) is 2.76. The first-order valence-corrected chi connectivity index (χ1v) is 18.3. The molecular formula is C46H42O12. The molecule has 0 radical (unpaired) electrons. The fraction of sp³-hybridized carbons (Fsp3) is 0.174. The van der Waals surface area contributed by atoms with E-state index in [-0.39, 0.29) is 62.3 Å². The lowest BCUT2D eigenvalue weighted by molar-refractivity contribution is -0.0930. The molecule has 0 heterocycles. The molecule has 0 fully saturated rings. The van der Waals surface area contributed by atoms with E-state index in [9.17, 15) is 30.0 Å². The maximum absolute atomic E-state index is 13.7. The number of benzene rings is 6. The van der Waals surface area contributed by atoms with Crippen LogP contribution in [0.4, 0.5) is 0 Å². The van der Waals surface area contributed by atoms with Crippen molar-refractivity contribution in [1.29, 1.82) is 0 Å². The number of ether oxygens (including phenoxy) is 6. The van der Waals surface area contributed by atoms with Crippen molar-refractivity contribution in [3.63, 3.8) is 0 Å². The van der Waals surface area contributed by atoms with E-state index in [2.05, 4.69) is 0 Å². The van der Waals surface area contributed by atoms with Crippen LogP contribution in [0.3, 0.4) is 0 Å². The Labute approximate surface area is 335 Å². The molecule has 0 unspecified atom stereocenters. The van der Waals surface area contributed by atoms with Crippen molar-refractivity contribution in [2.75, 3.05) is 13.2 Å². The normalized spacial score (nSPS) is 11.9. The van der Waals surface area contributed by atoms with Gasteiger partial charge in [0.05, 0.1) is 37.6 Å². The van der Waals surface area contributed by atoms with Crippen LogP contribution in [-0.4, -0.2) is 57.8 Å². The van der Waals surface area contributed by atoms with Crippen molar-refractivity contribution in [3.8, 4) is 34.5 Å². The number of phenols is 4. The molecule has 6 aromatic carbocycles. The highest BCUT2D eigenvalue weighted by molar-refractivity contribution is 5.92. The molecular weight excluding hydrogens is 744 g/mol. The van der Waals surface area contributed by atoms with Crippen LogP contribution in [0.15, 0.2) is 146 Å². The molecule has 12 heteroatoms. The summed E-state index contributed by atoms with van der Waals surface area (Å²) in [4.78, 5) is 27.5. The third kappa shape index (κ3) is 11.5. The van der Waals surface area contributed by atoms with Gasteiger partial charge in [-0.2, -0.15) is 0 Å². The average molecular weight is 787 g/mol. The summed E-state index contributed by atoms with van der Waals surface area (Å²) in [6, 6.07) is 41.0. The van der Waals surface area contributed by atoms with Crippen molar-refractivity contribution in [1.82, 2.24) is 0 Å². The highest BCUT2D eigenvalue weighted by atomic mass is 16.6. The van der Waals surface area contributed by atoms with Crippen LogP contribution in [-0.2, 0) is 45.4 Å². The number of carbonyl (C=O) groups is 2. The summed E-state index contributed by atoms with van der Waals surface area (Å²) in [5.74, 6) is -4.48. The standard InChI is InChI=1S/C46H42O12/c47-37-21-35(22-38(48)43(37)55-27-33-17-9-3-10-18-33)45(51)57-41(29-53-25-31-13-5-1-6-14-31)42(30-54-26-32-15-7-2-8-16-32)58-46(52)36-23-39(49)44(40(50)24-36)56-28-34-19-11-4-12-20-34/h1-24,41-42,47-50H,25-30H2/t41-,42-/m0/s1. The van der Waals surface area contributed by atoms with Gasteiger partial charge in [0.2, 0.25) is 11.5 Å². The van der Waals surface area contributed by atoms with Gasteiger partial charge in [0.15, 0.2) is 35.2 Å². The summed E-state index contributed by atoms with van der Waals surface area (Å²) in [7, 11) is 0. The van der Waals surface area contributed by atoms with Gasteiger partial charge in [-0.05, 0) is 46.5 Å². The number of esters is 2. The largest absolute Gasteiger partial charge is 0.504 e. The molecule has 0 aliphatic carbocycles. The Balaban J connectivity index is 1.23. The number of carbonyl (C=O) groups excluding carboxylic acids is 2. The number of rotatable bonds is 19. The van der Waals surface area contributed by atoms with Crippen LogP contribution in [0, 0.1) is 0 Å². The Bertz CT molecular complexity index is 2030. The molecule has 0 aromatic heterocycles. The Hall–Kier alpha value is -7.02. The summed E-state index contributed by atoms with van der Waals surface area (Å²) in [5, 5.41) is 43.1. The van der Waals surface area contributed by atoms with Gasteiger partial charge in [0, 0.05) is 0 Å². The van der Waals surface area contributed by atoms with Gasteiger partial charge in [0.25, 0.3) is 0 Å². The van der Waals surface area contributed by atoms with Crippen LogP contribution in [0.25, 0.3) is 0 Å². The Morgan fingerprint density at radius 2 is 0.690 bits per heavy atom. The molecule has 12 nitrogen and oxygen atoms in total. The molecule has 4 N–H and O–H groups in total. The number of aromatic hydroxyl groups is 4. The minimum atomic E-state index is -1.31. The van der Waals surface area contributed by atoms with Gasteiger partial charge < -0.3 is 48.8 Å². The quantitative estimate of drug-likeness (QED) is 0.0588. The number of hydrogen-bond donors (Lipinski definition) is 4. The van der Waals surface area contributed by atoms with E-state index in [0.717, 1.165) is 46.5 Å². The van der Waals surface area contributed by atoms with E-state index in [0.29, 0.717) is 0 Å². The van der Waals surface area contributed by atoms with Crippen molar-refractivity contribution < 1.29 is 58.4 Å². The molecule has 0 aliphatic rings. The van der Waals surface area contributed by atoms with E-state index < -0.39 is 47.1 Å².